The van der Waals surface area contributed by atoms with E-state index in [0.29, 0.717) is 24.2 Å². The van der Waals surface area contributed by atoms with Gasteiger partial charge in [0.25, 0.3) is 0 Å². The Bertz CT molecular complexity index is 638. The van der Waals surface area contributed by atoms with Crippen LogP contribution in [0.3, 0.4) is 0 Å². The molecule has 1 fully saturated rings. The zero-order chi connectivity index (χ0) is 13.9. The smallest absolute Gasteiger partial charge is 0.321 e. The molecule has 0 aromatic heterocycles. The Hall–Kier alpha value is -2.14. The monoisotopic (exact) mass is 273 g/mol. The van der Waals surface area contributed by atoms with E-state index in [0.717, 1.165) is 18.5 Å². The number of hydrogen-bond donors (Lipinski definition) is 2. The summed E-state index contributed by atoms with van der Waals surface area (Å²) in [6.45, 7) is 2.98. The van der Waals surface area contributed by atoms with Crippen LogP contribution >= 0.6 is 0 Å². The number of benzene rings is 2. The van der Waals surface area contributed by atoms with Crippen molar-refractivity contribution < 1.29 is 9.18 Å². The Morgan fingerprint density at radius 2 is 1.80 bits per heavy atom. The lowest BCUT2D eigenvalue weighted by molar-refractivity contribution is 0.204. The molecule has 0 atom stereocenters. The Morgan fingerprint density at radius 3 is 2.55 bits per heavy atom. The van der Waals surface area contributed by atoms with Crippen LogP contribution in [0.4, 0.5) is 14.9 Å². The van der Waals surface area contributed by atoms with Crippen LogP contribution in [-0.4, -0.2) is 37.1 Å². The van der Waals surface area contributed by atoms with Gasteiger partial charge in [-0.3, -0.25) is 0 Å². The normalized spacial score (nSPS) is 15.3. The molecule has 1 aliphatic rings. The predicted molar refractivity (Wildman–Crippen MR) is 77.4 cm³/mol. The van der Waals surface area contributed by atoms with Crippen LogP contribution in [0.25, 0.3) is 10.8 Å². The number of halogens is 1. The van der Waals surface area contributed by atoms with Crippen molar-refractivity contribution in [2.24, 2.45) is 0 Å². The molecule has 1 saturated heterocycles. The van der Waals surface area contributed by atoms with Crippen molar-refractivity contribution in [1.29, 1.82) is 0 Å². The predicted octanol–water partition coefficient (Wildman–Crippen LogP) is 2.42. The highest BCUT2D eigenvalue weighted by Crippen LogP contribution is 2.25. The molecule has 2 aromatic carbocycles. The molecule has 104 valence electrons. The van der Waals surface area contributed by atoms with Crippen molar-refractivity contribution in [3.63, 3.8) is 0 Å². The number of carbonyl (C=O) groups excluding carboxylic acids is 1. The second-order valence-electron chi connectivity index (χ2n) is 4.81. The van der Waals surface area contributed by atoms with Gasteiger partial charge in [0.2, 0.25) is 0 Å². The summed E-state index contributed by atoms with van der Waals surface area (Å²) in [6.07, 6.45) is 0. The van der Waals surface area contributed by atoms with Gasteiger partial charge in [-0.2, -0.15) is 0 Å². The largest absolute Gasteiger partial charge is 0.322 e. The van der Waals surface area contributed by atoms with Gasteiger partial charge >= 0.3 is 6.03 Å². The number of hydrogen-bond acceptors (Lipinski definition) is 2. The molecule has 1 heterocycles. The van der Waals surface area contributed by atoms with Crippen molar-refractivity contribution in [3.05, 3.63) is 42.2 Å². The van der Waals surface area contributed by atoms with Crippen LogP contribution in [0.2, 0.25) is 0 Å². The average Bonchev–Trinajstić information content (AvgIpc) is 2.51. The number of amides is 2. The van der Waals surface area contributed by atoms with E-state index >= 15 is 0 Å². The molecule has 0 aliphatic carbocycles. The van der Waals surface area contributed by atoms with E-state index in [-0.39, 0.29) is 11.8 Å². The topological polar surface area (TPSA) is 44.4 Å². The fraction of sp³-hybridized carbons (Fsp3) is 0.267. The third kappa shape index (κ3) is 2.44. The van der Waals surface area contributed by atoms with E-state index in [2.05, 4.69) is 10.6 Å². The Kier molecular flexibility index (Phi) is 3.52. The minimum absolute atomic E-state index is 0.136. The fourth-order valence-electron chi connectivity index (χ4n) is 2.43. The van der Waals surface area contributed by atoms with Gasteiger partial charge < -0.3 is 15.5 Å². The van der Waals surface area contributed by atoms with Crippen LogP contribution in [0, 0.1) is 5.82 Å². The first-order chi connectivity index (χ1) is 9.75. The van der Waals surface area contributed by atoms with Gasteiger partial charge in [-0.05, 0) is 12.1 Å². The van der Waals surface area contributed by atoms with Crippen LogP contribution in [0.5, 0.6) is 0 Å². The number of nitrogens with zero attached hydrogens (tertiary/aromatic N) is 1. The summed E-state index contributed by atoms with van der Waals surface area (Å²) >= 11 is 0. The molecule has 0 bridgehead atoms. The second kappa shape index (κ2) is 5.46. The Balaban J connectivity index is 1.87. The molecule has 0 unspecified atom stereocenters. The minimum Gasteiger partial charge on any atom is -0.322 e. The first-order valence-corrected chi connectivity index (χ1v) is 6.69. The van der Waals surface area contributed by atoms with Gasteiger partial charge in [-0.1, -0.05) is 24.3 Å². The highest BCUT2D eigenvalue weighted by Gasteiger charge is 2.17. The molecule has 5 heteroatoms. The molecule has 0 spiro atoms. The van der Waals surface area contributed by atoms with Gasteiger partial charge in [0.1, 0.15) is 5.82 Å². The first kappa shape index (κ1) is 12.9. The maximum Gasteiger partial charge on any atom is 0.321 e. The maximum atomic E-state index is 13.7. The van der Waals surface area contributed by atoms with Crippen molar-refractivity contribution in [2.75, 3.05) is 31.5 Å². The van der Waals surface area contributed by atoms with E-state index in [9.17, 15) is 9.18 Å². The average molecular weight is 273 g/mol. The molecule has 3 rings (SSSR count). The van der Waals surface area contributed by atoms with E-state index in [4.69, 9.17) is 0 Å². The zero-order valence-electron chi connectivity index (χ0n) is 11.0. The van der Waals surface area contributed by atoms with Gasteiger partial charge in [-0.25, -0.2) is 9.18 Å². The summed E-state index contributed by atoms with van der Waals surface area (Å²) in [4.78, 5) is 13.9. The van der Waals surface area contributed by atoms with Crippen LogP contribution < -0.4 is 10.6 Å². The molecule has 2 aromatic rings. The van der Waals surface area contributed by atoms with Gasteiger partial charge in [0.15, 0.2) is 0 Å². The summed E-state index contributed by atoms with van der Waals surface area (Å²) in [7, 11) is 0. The summed E-state index contributed by atoms with van der Waals surface area (Å²) in [5, 5.41) is 7.31. The Morgan fingerprint density at radius 1 is 1.10 bits per heavy atom. The standard InChI is InChI=1S/C15H16FN3O/c16-13-5-6-14(12-4-2-1-3-11(12)13)18-15(20)19-9-7-17-8-10-19/h1-6,17H,7-10H2,(H,18,20). The number of anilines is 1. The lowest BCUT2D eigenvalue weighted by atomic mass is 10.1. The molecule has 2 N–H and O–H groups in total. The van der Waals surface area contributed by atoms with Gasteiger partial charge in [0, 0.05) is 37.0 Å². The fourth-order valence-corrected chi connectivity index (χ4v) is 2.43. The van der Waals surface area contributed by atoms with Crippen molar-refractivity contribution in [3.8, 4) is 0 Å². The molecular formula is C15H16FN3O. The van der Waals surface area contributed by atoms with E-state index in [1.165, 1.54) is 6.07 Å². The lowest BCUT2D eigenvalue weighted by Gasteiger charge is -2.27. The molecule has 2 amide bonds. The molecule has 20 heavy (non-hydrogen) atoms. The molecule has 1 aliphatic heterocycles. The number of fused-ring (bicyclic) bond motifs is 1. The van der Waals surface area contributed by atoms with E-state index in [1.54, 1.807) is 23.1 Å². The maximum absolute atomic E-state index is 13.7. The zero-order valence-corrected chi connectivity index (χ0v) is 11.0. The highest BCUT2D eigenvalue weighted by molar-refractivity contribution is 6.01. The summed E-state index contributed by atoms with van der Waals surface area (Å²) < 4.78 is 13.7. The second-order valence-corrected chi connectivity index (χ2v) is 4.81. The first-order valence-electron chi connectivity index (χ1n) is 6.69. The SMILES string of the molecule is O=C(Nc1ccc(F)c2ccccc12)N1CCNCC1. The molecule has 0 saturated carbocycles. The number of nitrogens with one attached hydrogen (secondary N) is 2. The van der Waals surface area contributed by atoms with Crippen LogP contribution in [0.1, 0.15) is 0 Å². The van der Waals surface area contributed by atoms with Gasteiger partial charge in [-0.15, -0.1) is 0 Å². The summed E-state index contributed by atoms with van der Waals surface area (Å²) in [5.41, 5.74) is 0.644. The highest BCUT2D eigenvalue weighted by atomic mass is 19.1. The van der Waals surface area contributed by atoms with Crippen LogP contribution in [-0.2, 0) is 0 Å². The third-order valence-electron chi connectivity index (χ3n) is 3.52. The Labute approximate surface area is 116 Å². The number of carbonyl (C=O) groups is 1. The van der Waals surface area contributed by atoms with Crippen molar-refractivity contribution >= 4 is 22.5 Å². The van der Waals surface area contributed by atoms with Gasteiger partial charge in [0.05, 0.1) is 5.69 Å². The summed E-state index contributed by atoms with van der Waals surface area (Å²) in [6, 6.07) is 10.0. The number of piperazine rings is 1. The third-order valence-corrected chi connectivity index (χ3v) is 3.52. The minimum atomic E-state index is -0.277. The lowest BCUT2D eigenvalue weighted by Crippen LogP contribution is -2.48. The summed E-state index contributed by atoms with van der Waals surface area (Å²) in [5.74, 6) is -0.277. The molecular weight excluding hydrogens is 257 g/mol. The number of urea groups is 1. The molecule has 0 radical (unpaired) electrons. The number of rotatable bonds is 1. The van der Waals surface area contributed by atoms with Crippen molar-refractivity contribution in [1.82, 2.24) is 10.2 Å². The van der Waals surface area contributed by atoms with Crippen LogP contribution in [0.15, 0.2) is 36.4 Å². The molecule has 4 nitrogen and oxygen atoms in total. The van der Waals surface area contributed by atoms with Crippen molar-refractivity contribution in [2.45, 2.75) is 0 Å². The van der Waals surface area contributed by atoms with E-state index in [1.807, 2.05) is 12.1 Å². The quantitative estimate of drug-likeness (QED) is 0.838. The van der Waals surface area contributed by atoms with E-state index < -0.39 is 0 Å².